The van der Waals surface area contributed by atoms with E-state index in [0.29, 0.717) is 12.0 Å². The molecule has 1 aliphatic rings. The molecule has 1 amide bonds. The zero-order valence-corrected chi connectivity index (χ0v) is 13.1. The van der Waals surface area contributed by atoms with E-state index in [4.69, 9.17) is 5.21 Å². The van der Waals surface area contributed by atoms with E-state index in [9.17, 15) is 4.79 Å². The van der Waals surface area contributed by atoms with Crippen LogP contribution in [-0.2, 0) is 4.79 Å². The minimum Gasteiger partial charge on any atom is -0.366 e. The Hall–Kier alpha value is -1.92. The maximum absolute atomic E-state index is 10.9. The molecule has 3 N–H and O–H groups in total. The van der Waals surface area contributed by atoms with Crippen LogP contribution in [0.3, 0.4) is 0 Å². The van der Waals surface area contributed by atoms with Crippen LogP contribution >= 0.6 is 0 Å². The number of carbonyl (C=O) groups is 1. The van der Waals surface area contributed by atoms with Crippen LogP contribution in [-0.4, -0.2) is 46.7 Å². The van der Waals surface area contributed by atoms with Gasteiger partial charge in [0.15, 0.2) is 0 Å². The molecule has 2 rings (SSSR count). The number of hydrogen-bond acceptors (Lipinski definition) is 5. The van der Waals surface area contributed by atoms with Crippen molar-refractivity contribution in [1.29, 1.82) is 0 Å². The minimum absolute atomic E-state index is 0.438. The fourth-order valence-corrected chi connectivity index (χ4v) is 2.64. The van der Waals surface area contributed by atoms with Crippen molar-refractivity contribution < 1.29 is 10.0 Å². The van der Waals surface area contributed by atoms with Gasteiger partial charge >= 0.3 is 0 Å². The zero-order chi connectivity index (χ0) is 15.9. The molecule has 6 heteroatoms. The number of anilines is 1. The molecule has 0 aromatic carbocycles. The van der Waals surface area contributed by atoms with Gasteiger partial charge in [0.2, 0.25) is 0 Å². The highest BCUT2D eigenvalue weighted by Gasteiger charge is 2.22. The summed E-state index contributed by atoms with van der Waals surface area (Å²) in [6, 6.07) is 4.23. The highest BCUT2D eigenvalue weighted by atomic mass is 16.5. The second-order valence-electron chi connectivity index (χ2n) is 6.07. The zero-order valence-electron chi connectivity index (χ0n) is 13.1. The maximum atomic E-state index is 10.9. The Morgan fingerprint density at radius 3 is 3.00 bits per heavy atom. The molecule has 1 unspecified atom stereocenters. The van der Waals surface area contributed by atoms with E-state index in [0.717, 1.165) is 37.4 Å². The van der Waals surface area contributed by atoms with Gasteiger partial charge in [0.05, 0.1) is 0 Å². The lowest BCUT2D eigenvalue weighted by molar-refractivity contribution is -0.124. The van der Waals surface area contributed by atoms with Crippen LogP contribution in [0.1, 0.15) is 25.8 Å². The number of likely N-dealkylation sites (tertiary alicyclic amines) is 1. The normalized spacial score (nSPS) is 19.0. The highest BCUT2D eigenvalue weighted by molar-refractivity contribution is 5.90. The number of amides is 1. The van der Waals surface area contributed by atoms with Gasteiger partial charge in [0.25, 0.3) is 5.91 Å². The van der Waals surface area contributed by atoms with E-state index in [1.54, 1.807) is 17.8 Å². The lowest BCUT2D eigenvalue weighted by atomic mass is 10.2. The molecule has 6 nitrogen and oxygen atoms in total. The summed E-state index contributed by atoms with van der Waals surface area (Å²) in [5, 5.41) is 11.9. The molecular formula is C16H24N4O2. The first-order valence-electron chi connectivity index (χ1n) is 7.64. The van der Waals surface area contributed by atoms with Crippen molar-refractivity contribution in [2.24, 2.45) is 5.92 Å². The second-order valence-corrected chi connectivity index (χ2v) is 6.07. The number of hydrogen-bond donors (Lipinski definition) is 3. The number of hydroxylamine groups is 1. The predicted molar refractivity (Wildman–Crippen MR) is 86.5 cm³/mol. The van der Waals surface area contributed by atoms with Crippen molar-refractivity contribution in [3.05, 3.63) is 30.0 Å². The van der Waals surface area contributed by atoms with E-state index in [2.05, 4.69) is 29.0 Å². The summed E-state index contributed by atoms with van der Waals surface area (Å²) in [4.78, 5) is 17.7. The lowest BCUT2D eigenvalue weighted by Gasteiger charge is -2.18. The van der Waals surface area contributed by atoms with Gasteiger partial charge in [-0.25, -0.2) is 10.5 Å². The lowest BCUT2D eigenvalue weighted by Crippen LogP contribution is -2.29. The molecule has 2 heterocycles. The quantitative estimate of drug-likeness (QED) is 0.424. The van der Waals surface area contributed by atoms with Crippen molar-refractivity contribution in [2.45, 2.75) is 26.3 Å². The van der Waals surface area contributed by atoms with Crippen molar-refractivity contribution in [3.63, 3.8) is 0 Å². The van der Waals surface area contributed by atoms with E-state index in [1.807, 2.05) is 12.1 Å². The molecule has 1 aromatic heterocycles. The summed E-state index contributed by atoms with van der Waals surface area (Å²) in [6.45, 7) is 7.81. The van der Waals surface area contributed by atoms with Crippen LogP contribution in [0.4, 0.5) is 5.82 Å². The predicted octanol–water partition coefficient (Wildman–Crippen LogP) is 1.74. The molecule has 0 aliphatic carbocycles. The summed E-state index contributed by atoms with van der Waals surface area (Å²) in [7, 11) is 0. The molecule has 0 bridgehead atoms. The van der Waals surface area contributed by atoms with Gasteiger partial charge in [0, 0.05) is 37.9 Å². The molecular weight excluding hydrogens is 280 g/mol. The number of aromatic nitrogens is 1. The Labute approximate surface area is 131 Å². The second kappa shape index (κ2) is 7.91. The highest BCUT2D eigenvalue weighted by Crippen LogP contribution is 2.16. The summed E-state index contributed by atoms with van der Waals surface area (Å²) in [5.41, 5.74) is 2.36. The Morgan fingerprint density at radius 1 is 1.55 bits per heavy atom. The first-order valence-corrected chi connectivity index (χ1v) is 7.64. The van der Waals surface area contributed by atoms with Crippen LogP contribution in [0.5, 0.6) is 0 Å². The van der Waals surface area contributed by atoms with Crippen LogP contribution in [0.2, 0.25) is 0 Å². The van der Waals surface area contributed by atoms with E-state index in [1.165, 1.54) is 6.08 Å². The summed E-state index contributed by atoms with van der Waals surface area (Å²) >= 11 is 0. The van der Waals surface area contributed by atoms with Crippen LogP contribution in [0, 0.1) is 5.92 Å². The molecule has 1 aliphatic heterocycles. The Balaban J connectivity index is 1.84. The summed E-state index contributed by atoms with van der Waals surface area (Å²) in [6.07, 6.45) is 5.68. The molecule has 1 fully saturated rings. The number of nitrogens with zero attached hydrogens (tertiary/aromatic N) is 2. The smallest absolute Gasteiger partial charge is 0.267 e. The molecule has 1 saturated heterocycles. The van der Waals surface area contributed by atoms with E-state index >= 15 is 0 Å². The molecule has 120 valence electrons. The monoisotopic (exact) mass is 304 g/mol. The van der Waals surface area contributed by atoms with Gasteiger partial charge in [-0.3, -0.25) is 10.0 Å². The molecule has 0 radical (unpaired) electrons. The first-order chi connectivity index (χ1) is 10.6. The van der Waals surface area contributed by atoms with Gasteiger partial charge in [-0.1, -0.05) is 13.8 Å². The van der Waals surface area contributed by atoms with E-state index in [-0.39, 0.29) is 0 Å². The van der Waals surface area contributed by atoms with Crippen LogP contribution in [0.15, 0.2) is 24.4 Å². The number of pyridine rings is 1. The third-order valence-corrected chi connectivity index (χ3v) is 3.57. The van der Waals surface area contributed by atoms with Crippen molar-refractivity contribution in [2.75, 3.05) is 25.0 Å². The third-order valence-electron chi connectivity index (χ3n) is 3.57. The number of rotatable bonds is 6. The third kappa shape index (κ3) is 5.13. The van der Waals surface area contributed by atoms with Crippen molar-refractivity contribution >= 4 is 17.8 Å². The summed E-state index contributed by atoms with van der Waals surface area (Å²) in [5.74, 6) is 0.984. The van der Waals surface area contributed by atoms with Gasteiger partial charge < -0.3 is 10.2 Å². The fourth-order valence-electron chi connectivity index (χ4n) is 2.64. The average molecular weight is 304 g/mol. The SMILES string of the molecule is CC(C)CN1CCC(Nc2ccc(/C=C/C(=O)NO)cn2)C1. The Bertz CT molecular complexity index is 513. The average Bonchev–Trinajstić information content (AvgIpc) is 2.92. The molecule has 1 atom stereocenters. The molecule has 0 spiro atoms. The van der Waals surface area contributed by atoms with Gasteiger partial charge in [-0.15, -0.1) is 0 Å². The number of nitrogens with one attached hydrogen (secondary N) is 2. The van der Waals surface area contributed by atoms with Gasteiger partial charge in [-0.05, 0) is 36.1 Å². The maximum Gasteiger partial charge on any atom is 0.267 e. The minimum atomic E-state index is -0.557. The summed E-state index contributed by atoms with van der Waals surface area (Å²) < 4.78 is 0. The standard InChI is InChI=1S/C16H24N4O2/c1-12(2)10-20-8-7-14(11-20)18-15-5-3-13(9-17-15)4-6-16(21)19-22/h3-6,9,12,14,22H,7-8,10-11H2,1-2H3,(H,17,18)(H,19,21)/b6-4+. The largest absolute Gasteiger partial charge is 0.366 e. The van der Waals surface area contributed by atoms with Crippen LogP contribution < -0.4 is 10.8 Å². The van der Waals surface area contributed by atoms with Gasteiger partial charge in [0.1, 0.15) is 5.82 Å². The molecule has 1 aromatic rings. The molecule has 22 heavy (non-hydrogen) atoms. The number of carbonyl (C=O) groups excluding carboxylic acids is 1. The Kier molecular flexibility index (Phi) is 5.91. The van der Waals surface area contributed by atoms with Crippen LogP contribution in [0.25, 0.3) is 6.08 Å². The van der Waals surface area contributed by atoms with E-state index < -0.39 is 5.91 Å². The topological polar surface area (TPSA) is 77.5 Å². The van der Waals surface area contributed by atoms with Crippen molar-refractivity contribution in [3.8, 4) is 0 Å². The molecule has 0 saturated carbocycles. The van der Waals surface area contributed by atoms with Gasteiger partial charge in [-0.2, -0.15) is 0 Å². The van der Waals surface area contributed by atoms with Crippen molar-refractivity contribution in [1.82, 2.24) is 15.4 Å². The first kappa shape index (κ1) is 16.5. The Morgan fingerprint density at radius 2 is 2.36 bits per heavy atom. The fraction of sp³-hybridized carbons (Fsp3) is 0.500.